The summed E-state index contributed by atoms with van der Waals surface area (Å²) in [7, 11) is 0. The molecule has 0 radical (unpaired) electrons. The molecule has 1 atom stereocenters. The molecule has 0 amide bonds. The third kappa shape index (κ3) is 3.39. The largest absolute Gasteiger partial charge is 0.481 e. The molecule has 1 aromatic carbocycles. The molecule has 0 bridgehead atoms. The van der Waals surface area contributed by atoms with Gasteiger partial charge in [0, 0.05) is 0 Å². The zero-order chi connectivity index (χ0) is 14.9. The highest BCUT2D eigenvalue weighted by Crippen LogP contribution is 2.17. The fourth-order valence-electron chi connectivity index (χ4n) is 1.20. The Kier molecular flexibility index (Phi) is 2.33. The predicted octanol–water partition coefficient (Wildman–Crippen LogP) is 3.07. The fourth-order valence-corrected chi connectivity index (χ4v) is 1.20. The highest BCUT2D eigenvalue weighted by atomic mass is 16.4. The van der Waals surface area contributed by atoms with E-state index >= 15 is 0 Å². The van der Waals surface area contributed by atoms with Gasteiger partial charge in [0.15, 0.2) is 0 Å². The lowest BCUT2D eigenvalue weighted by atomic mass is 9.97. The first kappa shape index (κ1) is 7.04. The van der Waals surface area contributed by atoms with Gasteiger partial charge in [0.05, 0.1) is 11.4 Å². The third-order valence-corrected chi connectivity index (χ3v) is 2.11. The van der Waals surface area contributed by atoms with E-state index in [1.54, 1.807) is 0 Å². The Morgan fingerprint density at radius 3 is 2.27 bits per heavy atom. The van der Waals surface area contributed by atoms with Crippen LogP contribution in [0.5, 0.6) is 0 Å². The Bertz CT molecular complexity index is 483. The molecule has 0 heterocycles. The highest BCUT2D eigenvalue weighted by Gasteiger charge is 2.12. The minimum atomic E-state index is -1.16. The molecule has 0 saturated carbocycles. The molecular formula is C13H18O2. The number of carbonyl (C=O) groups is 1. The standard InChI is InChI=1S/C13H18O2/c1-9(2)8-11-4-6-12(7-5-11)10(3)13(14)15/h4-7,9-10H,8H2,1-3H3,(H,14,15)/t10-/m0/s1/i4D,5D,6D,7D. The van der Waals surface area contributed by atoms with Crippen LogP contribution in [-0.4, -0.2) is 11.1 Å². The summed E-state index contributed by atoms with van der Waals surface area (Å²) in [5.41, 5.74) is 0.307. The van der Waals surface area contributed by atoms with Crippen LogP contribution >= 0.6 is 0 Å². The maximum atomic E-state index is 11.0. The molecule has 1 N–H and O–H groups in total. The zero-order valence-electron chi connectivity index (χ0n) is 13.2. The normalized spacial score (nSPS) is 16.5. The van der Waals surface area contributed by atoms with Crippen molar-refractivity contribution >= 4 is 5.97 Å². The van der Waals surface area contributed by atoms with Crippen molar-refractivity contribution in [1.82, 2.24) is 0 Å². The second-order valence-electron chi connectivity index (χ2n) is 4.05. The van der Waals surface area contributed by atoms with Crippen LogP contribution in [0.1, 0.15) is 43.3 Å². The van der Waals surface area contributed by atoms with Crippen molar-refractivity contribution < 1.29 is 15.4 Å². The molecule has 0 saturated heterocycles. The molecular weight excluding hydrogens is 188 g/mol. The van der Waals surface area contributed by atoms with Crippen molar-refractivity contribution in [3.05, 3.63) is 35.3 Å². The van der Waals surface area contributed by atoms with Gasteiger partial charge in [-0.25, -0.2) is 0 Å². The van der Waals surface area contributed by atoms with Gasteiger partial charge >= 0.3 is 5.97 Å². The van der Waals surface area contributed by atoms with Gasteiger partial charge in [-0.2, -0.15) is 0 Å². The quantitative estimate of drug-likeness (QED) is 0.829. The second kappa shape index (κ2) is 4.96. The molecule has 0 aromatic heterocycles. The maximum absolute atomic E-state index is 11.0. The molecule has 15 heavy (non-hydrogen) atoms. The number of benzene rings is 1. The van der Waals surface area contributed by atoms with E-state index in [1.807, 2.05) is 13.8 Å². The monoisotopic (exact) mass is 210 g/mol. The summed E-state index contributed by atoms with van der Waals surface area (Å²) in [5.74, 6) is -2.01. The van der Waals surface area contributed by atoms with E-state index in [0.717, 1.165) is 0 Å². The molecule has 0 aliphatic heterocycles. The SMILES string of the molecule is [2H]c1c([2H])c([C@H](C)C(=O)O)c([2H])c([2H])c1CC(C)C. The molecule has 2 nitrogen and oxygen atoms in total. The van der Waals surface area contributed by atoms with Gasteiger partial charge in [-0.05, 0) is 30.4 Å². The first-order chi connectivity index (χ1) is 8.68. The Hall–Kier alpha value is -1.31. The summed E-state index contributed by atoms with van der Waals surface area (Å²) < 4.78 is 31.6. The maximum Gasteiger partial charge on any atom is 0.310 e. The van der Waals surface area contributed by atoms with Crippen molar-refractivity contribution in [3.63, 3.8) is 0 Å². The van der Waals surface area contributed by atoms with Crippen LogP contribution in [0, 0.1) is 5.92 Å². The third-order valence-electron chi connectivity index (χ3n) is 2.11. The van der Waals surface area contributed by atoms with E-state index in [0.29, 0.717) is 12.0 Å². The van der Waals surface area contributed by atoms with Gasteiger partial charge in [0.1, 0.15) is 0 Å². The molecule has 82 valence electrons. The lowest BCUT2D eigenvalue weighted by molar-refractivity contribution is -0.138. The van der Waals surface area contributed by atoms with Crippen molar-refractivity contribution in [1.29, 1.82) is 0 Å². The zero-order valence-corrected chi connectivity index (χ0v) is 9.22. The van der Waals surface area contributed by atoms with Crippen LogP contribution < -0.4 is 0 Å². The molecule has 1 rings (SSSR count). The average molecular weight is 210 g/mol. The first-order valence-electron chi connectivity index (χ1n) is 7.00. The van der Waals surface area contributed by atoms with Crippen LogP contribution in [0.15, 0.2) is 24.2 Å². The van der Waals surface area contributed by atoms with Gasteiger partial charge in [0.2, 0.25) is 0 Å². The molecule has 1 aromatic rings. The van der Waals surface area contributed by atoms with E-state index in [4.69, 9.17) is 10.6 Å². The van der Waals surface area contributed by atoms with Crippen molar-refractivity contribution in [2.24, 2.45) is 5.92 Å². The smallest absolute Gasteiger partial charge is 0.310 e. The number of rotatable bonds is 4. The van der Waals surface area contributed by atoms with Gasteiger partial charge in [-0.1, -0.05) is 38.0 Å². The number of hydrogen-bond donors (Lipinski definition) is 1. The van der Waals surface area contributed by atoms with E-state index in [1.165, 1.54) is 6.92 Å². The van der Waals surface area contributed by atoms with E-state index < -0.39 is 11.9 Å². The van der Waals surface area contributed by atoms with Gasteiger partial charge < -0.3 is 5.11 Å². The summed E-state index contributed by atoms with van der Waals surface area (Å²) in [6, 6.07) is -0.742. The van der Waals surface area contributed by atoms with Crippen LogP contribution in [0.2, 0.25) is 0 Å². The minimum Gasteiger partial charge on any atom is -0.481 e. The Morgan fingerprint density at radius 2 is 1.87 bits per heavy atom. The molecule has 0 aliphatic rings. The van der Waals surface area contributed by atoms with Crippen molar-refractivity contribution in [2.75, 3.05) is 0 Å². The summed E-state index contributed by atoms with van der Waals surface area (Å²) in [5, 5.41) is 8.99. The highest BCUT2D eigenvalue weighted by molar-refractivity contribution is 5.75. The minimum absolute atomic E-state index is 0.0463. The molecule has 0 aliphatic carbocycles. The van der Waals surface area contributed by atoms with Crippen LogP contribution in [0.3, 0.4) is 0 Å². The number of hydrogen-bond acceptors (Lipinski definition) is 1. The molecule has 0 spiro atoms. The van der Waals surface area contributed by atoms with E-state index in [9.17, 15) is 4.79 Å². The van der Waals surface area contributed by atoms with Gasteiger partial charge in [-0.3, -0.25) is 4.79 Å². The average Bonchev–Trinajstić information content (AvgIpc) is 2.32. The second-order valence-corrected chi connectivity index (χ2v) is 4.05. The number of carboxylic acids is 1. The van der Waals surface area contributed by atoms with E-state index in [2.05, 4.69) is 0 Å². The van der Waals surface area contributed by atoms with Crippen LogP contribution in [0.4, 0.5) is 0 Å². The Labute approximate surface area is 96.6 Å². The summed E-state index contributed by atoms with van der Waals surface area (Å²) >= 11 is 0. The lowest BCUT2D eigenvalue weighted by Gasteiger charge is -2.09. The van der Waals surface area contributed by atoms with Crippen LogP contribution in [-0.2, 0) is 11.2 Å². The predicted molar refractivity (Wildman–Crippen MR) is 61.0 cm³/mol. The Balaban J connectivity index is 3.51. The van der Waals surface area contributed by atoms with E-state index in [-0.39, 0.29) is 35.7 Å². The number of carboxylic acid groups (broad SMARTS) is 1. The van der Waals surface area contributed by atoms with Gasteiger partial charge in [0.25, 0.3) is 0 Å². The molecule has 0 fully saturated rings. The number of aliphatic carboxylic acids is 1. The van der Waals surface area contributed by atoms with Crippen molar-refractivity contribution in [2.45, 2.75) is 33.1 Å². The summed E-state index contributed by atoms with van der Waals surface area (Å²) in [6.45, 7) is 5.23. The van der Waals surface area contributed by atoms with Crippen molar-refractivity contribution in [3.8, 4) is 0 Å². The van der Waals surface area contributed by atoms with Gasteiger partial charge in [-0.15, -0.1) is 0 Å². The first-order valence-corrected chi connectivity index (χ1v) is 5.00. The Morgan fingerprint density at radius 1 is 1.33 bits per heavy atom. The molecule has 2 heteroatoms. The lowest BCUT2D eigenvalue weighted by Crippen LogP contribution is -2.07. The van der Waals surface area contributed by atoms with Crippen LogP contribution in [0.25, 0.3) is 0 Å². The fraction of sp³-hybridized carbons (Fsp3) is 0.462. The topological polar surface area (TPSA) is 37.3 Å². The summed E-state index contributed by atoms with van der Waals surface area (Å²) in [6.07, 6.45) is 0.442. The molecule has 0 unspecified atom stereocenters. The summed E-state index contributed by atoms with van der Waals surface area (Å²) in [4.78, 5) is 11.0.